The first-order valence-electron chi connectivity index (χ1n) is 9.25. The third-order valence-electron chi connectivity index (χ3n) is 4.95. The number of fused-ring (bicyclic) bond motifs is 3. The van der Waals surface area contributed by atoms with E-state index in [1.807, 2.05) is 41.8 Å². The van der Waals surface area contributed by atoms with E-state index in [1.165, 1.54) is 11.3 Å². The number of hydrogen-bond acceptors (Lipinski definition) is 6. The molecule has 0 bridgehead atoms. The van der Waals surface area contributed by atoms with Crippen LogP contribution in [0, 0.1) is 0 Å². The summed E-state index contributed by atoms with van der Waals surface area (Å²) in [6, 6.07) is 16.5. The number of anilines is 1. The number of benzene rings is 2. The lowest BCUT2D eigenvalue weighted by Gasteiger charge is -2.30. The lowest BCUT2D eigenvalue weighted by Crippen LogP contribution is -2.17. The molecule has 31 heavy (non-hydrogen) atoms. The summed E-state index contributed by atoms with van der Waals surface area (Å²) in [6.45, 7) is 0. The minimum Gasteiger partial charge on any atom is -0.496 e. The maximum absolute atomic E-state index is 12.7. The molecule has 0 fully saturated rings. The molecule has 0 radical (unpaired) electrons. The van der Waals surface area contributed by atoms with Crippen LogP contribution >= 0.6 is 38.6 Å². The number of halogens is 1. The highest BCUT2D eigenvalue weighted by atomic mass is 79.9. The summed E-state index contributed by atoms with van der Waals surface area (Å²) < 4.78 is 41.4. The second-order valence-corrected chi connectivity index (χ2v) is 11.5. The van der Waals surface area contributed by atoms with Crippen LogP contribution in [0.4, 0.5) is 5.69 Å². The van der Waals surface area contributed by atoms with Gasteiger partial charge in [0.2, 0.25) is 0 Å². The molecule has 158 valence electrons. The van der Waals surface area contributed by atoms with Crippen LogP contribution in [-0.2, 0) is 10.0 Å². The number of ether oxygens (including phenoxy) is 2. The molecule has 5 rings (SSSR count). The molecular formula is C22H16BrNO4S3. The monoisotopic (exact) mass is 533 g/mol. The van der Waals surface area contributed by atoms with E-state index in [0.29, 0.717) is 11.4 Å². The minimum atomic E-state index is -3.65. The SMILES string of the molecule is COc1cccc2c1-c1ccc(NS(=O)(=O)c3cccs3)cc1C(c1sccc1Br)O2. The molecule has 0 saturated carbocycles. The predicted molar refractivity (Wildman–Crippen MR) is 128 cm³/mol. The average Bonchev–Trinajstić information content (AvgIpc) is 3.44. The molecule has 1 aliphatic heterocycles. The van der Waals surface area contributed by atoms with Crippen molar-refractivity contribution in [2.24, 2.45) is 0 Å². The second kappa shape index (κ2) is 7.98. The Morgan fingerprint density at radius 1 is 1.06 bits per heavy atom. The van der Waals surface area contributed by atoms with Crippen molar-refractivity contribution < 1.29 is 17.9 Å². The third-order valence-corrected chi connectivity index (χ3v) is 9.64. The van der Waals surface area contributed by atoms with Gasteiger partial charge in [-0.3, -0.25) is 4.72 Å². The number of hydrogen-bond donors (Lipinski definition) is 1. The number of thiophene rings is 2. The Hall–Kier alpha value is -2.33. The van der Waals surface area contributed by atoms with E-state index >= 15 is 0 Å². The van der Waals surface area contributed by atoms with Crippen molar-refractivity contribution in [3.8, 4) is 22.6 Å². The van der Waals surface area contributed by atoms with E-state index in [2.05, 4.69) is 20.7 Å². The van der Waals surface area contributed by atoms with E-state index < -0.39 is 10.0 Å². The van der Waals surface area contributed by atoms with Crippen LogP contribution in [-0.4, -0.2) is 15.5 Å². The Bertz CT molecular complexity index is 1360. The molecule has 9 heteroatoms. The third kappa shape index (κ3) is 3.65. The molecule has 2 aromatic carbocycles. The van der Waals surface area contributed by atoms with E-state index in [-0.39, 0.29) is 10.3 Å². The minimum absolute atomic E-state index is 0.269. The first kappa shape index (κ1) is 20.6. The van der Waals surface area contributed by atoms with E-state index in [0.717, 1.165) is 31.8 Å². The largest absolute Gasteiger partial charge is 0.496 e. The predicted octanol–water partition coefficient (Wildman–Crippen LogP) is 6.53. The molecule has 0 amide bonds. The van der Waals surface area contributed by atoms with Gasteiger partial charge in [0, 0.05) is 15.7 Å². The summed E-state index contributed by atoms with van der Waals surface area (Å²) in [5.41, 5.74) is 3.15. The van der Waals surface area contributed by atoms with Gasteiger partial charge in [-0.1, -0.05) is 18.2 Å². The van der Waals surface area contributed by atoms with Gasteiger partial charge in [0.25, 0.3) is 10.0 Å². The standard InChI is InChI=1S/C22H16BrNO4S3/c1-27-17-4-2-5-18-20(17)14-8-7-13(24-31(25,26)19-6-3-10-29-19)12-15(14)21(28-18)22-16(23)9-11-30-22/h2-12,21,24H,1H3. The first-order chi connectivity index (χ1) is 15.0. The Balaban J connectivity index is 1.66. The highest BCUT2D eigenvalue weighted by Crippen LogP contribution is 2.51. The average molecular weight is 534 g/mol. The Morgan fingerprint density at radius 2 is 1.94 bits per heavy atom. The highest BCUT2D eigenvalue weighted by Gasteiger charge is 2.32. The van der Waals surface area contributed by atoms with Crippen molar-refractivity contribution in [2.45, 2.75) is 10.3 Å². The van der Waals surface area contributed by atoms with Crippen molar-refractivity contribution >= 4 is 54.3 Å². The topological polar surface area (TPSA) is 64.6 Å². The molecule has 4 aromatic rings. The summed E-state index contributed by atoms with van der Waals surface area (Å²) in [5.74, 6) is 1.43. The Morgan fingerprint density at radius 3 is 2.65 bits per heavy atom. The van der Waals surface area contributed by atoms with Crippen molar-refractivity contribution in [1.82, 2.24) is 0 Å². The second-order valence-electron chi connectivity index (χ2n) is 6.80. The number of nitrogens with one attached hydrogen (secondary N) is 1. The van der Waals surface area contributed by atoms with Crippen LogP contribution < -0.4 is 14.2 Å². The molecular weight excluding hydrogens is 518 g/mol. The molecule has 1 unspecified atom stereocenters. The zero-order valence-corrected chi connectivity index (χ0v) is 20.2. The summed E-state index contributed by atoms with van der Waals surface area (Å²) in [5, 5.41) is 3.73. The molecule has 0 spiro atoms. The van der Waals surface area contributed by atoms with Gasteiger partial charge < -0.3 is 9.47 Å². The van der Waals surface area contributed by atoms with Crippen molar-refractivity contribution in [3.05, 3.63) is 80.3 Å². The zero-order chi connectivity index (χ0) is 21.6. The summed E-state index contributed by atoms with van der Waals surface area (Å²) in [7, 11) is -2.03. The molecule has 0 saturated heterocycles. The Kier molecular flexibility index (Phi) is 5.29. The van der Waals surface area contributed by atoms with E-state index in [9.17, 15) is 8.42 Å². The lowest BCUT2D eigenvalue weighted by molar-refractivity contribution is 0.245. The molecule has 1 atom stereocenters. The fourth-order valence-electron chi connectivity index (χ4n) is 3.62. The van der Waals surface area contributed by atoms with Crippen LogP contribution in [0.15, 0.2) is 74.0 Å². The highest BCUT2D eigenvalue weighted by molar-refractivity contribution is 9.10. The first-order valence-corrected chi connectivity index (χ1v) is 13.3. The zero-order valence-electron chi connectivity index (χ0n) is 16.2. The van der Waals surface area contributed by atoms with Gasteiger partial charge >= 0.3 is 0 Å². The maximum atomic E-state index is 12.7. The molecule has 2 aromatic heterocycles. The van der Waals surface area contributed by atoms with Gasteiger partial charge in [-0.25, -0.2) is 8.42 Å². The summed E-state index contributed by atoms with van der Waals surface area (Å²) >= 11 is 6.37. The van der Waals surface area contributed by atoms with Crippen LogP contribution in [0.2, 0.25) is 0 Å². The van der Waals surface area contributed by atoms with Crippen LogP contribution in [0.25, 0.3) is 11.1 Å². The fourth-order valence-corrected chi connectivity index (χ4v) is 7.28. The maximum Gasteiger partial charge on any atom is 0.271 e. The molecule has 1 N–H and O–H groups in total. The molecule has 3 heterocycles. The van der Waals surface area contributed by atoms with Gasteiger partial charge in [0.05, 0.1) is 17.6 Å². The van der Waals surface area contributed by atoms with Crippen LogP contribution in [0.5, 0.6) is 11.5 Å². The summed E-state index contributed by atoms with van der Waals surface area (Å²) in [4.78, 5) is 1.01. The number of rotatable bonds is 5. The van der Waals surface area contributed by atoms with Crippen LogP contribution in [0.1, 0.15) is 16.5 Å². The smallest absolute Gasteiger partial charge is 0.271 e. The number of methoxy groups -OCH3 is 1. The lowest BCUT2D eigenvalue weighted by atomic mass is 9.91. The van der Waals surface area contributed by atoms with Gasteiger partial charge in [-0.15, -0.1) is 22.7 Å². The summed E-state index contributed by atoms with van der Waals surface area (Å²) in [6.07, 6.45) is -0.379. The van der Waals surface area contributed by atoms with Gasteiger partial charge in [0.15, 0.2) is 6.10 Å². The van der Waals surface area contributed by atoms with E-state index in [1.54, 1.807) is 42.0 Å². The van der Waals surface area contributed by atoms with Crippen molar-refractivity contribution in [2.75, 3.05) is 11.8 Å². The van der Waals surface area contributed by atoms with Crippen LogP contribution in [0.3, 0.4) is 0 Å². The van der Waals surface area contributed by atoms with Crippen molar-refractivity contribution in [1.29, 1.82) is 0 Å². The molecule has 1 aliphatic rings. The quantitative estimate of drug-likeness (QED) is 0.316. The number of sulfonamides is 1. The normalized spacial score (nSPS) is 15.0. The Labute approximate surface area is 196 Å². The van der Waals surface area contributed by atoms with Gasteiger partial charge in [-0.2, -0.15) is 0 Å². The van der Waals surface area contributed by atoms with Gasteiger partial charge in [-0.05, 0) is 68.7 Å². The van der Waals surface area contributed by atoms with Crippen molar-refractivity contribution in [3.63, 3.8) is 0 Å². The molecule has 0 aliphatic carbocycles. The fraction of sp³-hybridized carbons (Fsp3) is 0.0909. The van der Waals surface area contributed by atoms with Gasteiger partial charge in [0.1, 0.15) is 15.7 Å². The molecule has 5 nitrogen and oxygen atoms in total. The van der Waals surface area contributed by atoms with E-state index in [4.69, 9.17) is 9.47 Å².